The Morgan fingerprint density at radius 2 is 1.56 bits per heavy atom. The van der Waals surface area contributed by atoms with Crippen molar-refractivity contribution in [3.8, 4) is 16.1 Å². The molecular formula is C49H56ClN9O10S2. The van der Waals surface area contributed by atoms with Gasteiger partial charge in [-0.3, -0.25) is 23.9 Å². The average Bonchev–Trinajstić information content (AvgIpc) is 4.01. The van der Waals surface area contributed by atoms with Crippen molar-refractivity contribution in [2.24, 2.45) is 4.99 Å². The van der Waals surface area contributed by atoms with Crippen LogP contribution in [0.5, 0.6) is 0 Å². The maximum Gasteiger partial charge on any atom is 0.307 e. The van der Waals surface area contributed by atoms with Gasteiger partial charge < -0.3 is 34.7 Å². The van der Waals surface area contributed by atoms with E-state index < -0.39 is 27.9 Å². The number of ether oxygens (including phenoxy) is 4. The number of thiophene rings is 1. The molecule has 0 unspecified atom stereocenters. The van der Waals surface area contributed by atoms with E-state index in [2.05, 4.69) is 39.8 Å². The molecular weight excluding hydrogens is 974 g/mol. The van der Waals surface area contributed by atoms with E-state index in [1.165, 1.54) is 21.1 Å². The second-order valence-corrected chi connectivity index (χ2v) is 20.6. The number of aliphatic imine (C=N–C) groups is 1. The molecule has 19 nitrogen and oxygen atoms in total. The van der Waals surface area contributed by atoms with Gasteiger partial charge >= 0.3 is 5.97 Å². The third-order valence-corrected chi connectivity index (χ3v) is 15.8. The van der Waals surface area contributed by atoms with Crippen LogP contribution in [-0.2, 0) is 45.0 Å². The summed E-state index contributed by atoms with van der Waals surface area (Å²) in [4.78, 5) is 44.4. The van der Waals surface area contributed by atoms with Crippen molar-refractivity contribution >= 4 is 62.0 Å². The van der Waals surface area contributed by atoms with Gasteiger partial charge in [0.2, 0.25) is 15.9 Å². The van der Waals surface area contributed by atoms with Gasteiger partial charge in [0.05, 0.1) is 80.9 Å². The fourth-order valence-electron chi connectivity index (χ4n) is 8.58. The highest BCUT2D eigenvalue weighted by molar-refractivity contribution is 7.89. The Balaban J connectivity index is 0.768. The van der Waals surface area contributed by atoms with Gasteiger partial charge in [-0.15, -0.1) is 21.5 Å². The number of fused-ring (bicyclic) bond motifs is 4. The molecule has 0 aliphatic carbocycles. The molecule has 2 aliphatic heterocycles. The number of halogens is 1. The van der Waals surface area contributed by atoms with Gasteiger partial charge in [-0.1, -0.05) is 29.8 Å². The van der Waals surface area contributed by atoms with Crippen LogP contribution >= 0.6 is 22.9 Å². The maximum atomic E-state index is 14.3. The Bertz CT molecular complexity index is 3040. The van der Waals surface area contributed by atoms with Gasteiger partial charge in [0.15, 0.2) is 5.82 Å². The summed E-state index contributed by atoms with van der Waals surface area (Å²) in [7, 11) is -2.47. The lowest BCUT2D eigenvalue weighted by atomic mass is 9.99. The second kappa shape index (κ2) is 23.1. The zero-order chi connectivity index (χ0) is 50.2. The Kier molecular flexibility index (Phi) is 16.7. The number of hydrogen-bond acceptors (Lipinski definition) is 14. The van der Waals surface area contributed by atoms with E-state index in [0.717, 1.165) is 32.3 Å². The standard InChI is InChI=1S/C49H56ClN9O10S2/c1-30-31(2)70-49-45(30)46(33-5-8-37(50)9-6-33)54-40(47-56-55-32(3)59(47)49)28-43(60)51-14-19-67-21-23-69-24-22-68-20-15-52-48(63)35-7-10-39(34-11-18-58-41(25-34)36(29-53-58)27-44(61)62)42(26-35)71(64,65)57-16-12-38(66-4)13-17-57/h5-11,18,25-26,29,38,40H,12-17,19-24,27-28H2,1-4H3,(H,51,60)(H,52,63)(H,61,62)/t40-/m1/s1. The molecule has 22 heteroatoms. The summed E-state index contributed by atoms with van der Waals surface area (Å²) in [5.74, 6) is -0.375. The number of aromatic nitrogens is 5. The number of hydrogen-bond donors (Lipinski definition) is 3. The van der Waals surface area contributed by atoms with Crippen LogP contribution in [0.3, 0.4) is 0 Å². The van der Waals surface area contributed by atoms with Crippen LogP contribution in [0.25, 0.3) is 21.6 Å². The van der Waals surface area contributed by atoms with E-state index in [1.54, 1.807) is 48.9 Å². The smallest absolute Gasteiger partial charge is 0.307 e. The number of aryl methyl sites for hydroxylation is 2. The Labute approximate surface area is 420 Å². The first-order valence-corrected chi connectivity index (χ1v) is 25.9. The molecule has 2 aromatic carbocycles. The van der Waals surface area contributed by atoms with E-state index in [1.807, 2.05) is 35.8 Å². The molecule has 6 aromatic rings. The molecule has 2 amide bonds. The number of carbonyl (C=O) groups is 3. The quantitative estimate of drug-likeness (QED) is 0.0712. The van der Waals surface area contributed by atoms with Crippen molar-refractivity contribution in [3.05, 3.63) is 116 Å². The third-order valence-electron chi connectivity index (χ3n) is 12.4. The van der Waals surface area contributed by atoms with E-state index >= 15 is 0 Å². The van der Waals surface area contributed by atoms with Crippen LogP contribution < -0.4 is 10.6 Å². The highest BCUT2D eigenvalue weighted by Crippen LogP contribution is 2.40. The predicted octanol–water partition coefficient (Wildman–Crippen LogP) is 5.53. The van der Waals surface area contributed by atoms with Crippen LogP contribution in [0.15, 0.2) is 76.9 Å². The number of piperidine rings is 1. The van der Waals surface area contributed by atoms with E-state index in [4.69, 9.17) is 35.5 Å². The SMILES string of the molecule is COC1CCN(S(=O)(=O)c2cc(C(=O)NCCOCCOCCOCCNC(=O)C[C@H]3N=C(c4ccc(Cl)cc4)c4c(sc(C)c4C)-n4c(C)nnc43)ccc2-c2ccn3ncc(CC(=O)O)c3c2)CC1. The minimum Gasteiger partial charge on any atom is -0.481 e. The summed E-state index contributed by atoms with van der Waals surface area (Å²) in [6, 6.07) is 14.9. The number of nitrogens with zero attached hydrogens (tertiary/aromatic N) is 7. The lowest BCUT2D eigenvalue weighted by molar-refractivity contribution is -0.136. The first-order chi connectivity index (χ1) is 34.2. The summed E-state index contributed by atoms with van der Waals surface area (Å²) in [6.45, 7) is 8.66. The number of carboxylic acid groups (broad SMARTS) is 1. The Morgan fingerprint density at radius 1 is 0.873 bits per heavy atom. The van der Waals surface area contributed by atoms with E-state index in [-0.39, 0.29) is 81.4 Å². The lowest BCUT2D eigenvalue weighted by Crippen LogP contribution is -2.40. The highest BCUT2D eigenvalue weighted by atomic mass is 35.5. The molecule has 1 saturated heterocycles. The molecule has 0 saturated carbocycles. The largest absolute Gasteiger partial charge is 0.481 e. The van der Waals surface area contributed by atoms with Crippen molar-refractivity contribution in [1.29, 1.82) is 0 Å². The molecule has 3 N–H and O–H groups in total. The number of amides is 2. The summed E-state index contributed by atoms with van der Waals surface area (Å²) in [6.07, 6.45) is 3.95. The topological polar surface area (TPSA) is 230 Å². The number of carboxylic acids is 1. The summed E-state index contributed by atoms with van der Waals surface area (Å²) < 4.78 is 55.9. The van der Waals surface area contributed by atoms with Crippen LogP contribution in [0.4, 0.5) is 0 Å². The zero-order valence-corrected chi connectivity index (χ0v) is 42.2. The van der Waals surface area contributed by atoms with Gasteiger partial charge in [-0.2, -0.15) is 9.40 Å². The number of aliphatic carboxylic acids is 1. The van der Waals surface area contributed by atoms with Crippen LogP contribution in [0.1, 0.15) is 74.4 Å². The van der Waals surface area contributed by atoms with Gasteiger partial charge in [0, 0.05) is 77.2 Å². The highest BCUT2D eigenvalue weighted by Gasteiger charge is 2.34. The average molecular weight is 1030 g/mol. The predicted molar refractivity (Wildman–Crippen MR) is 266 cm³/mol. The Morgan fingerprint density at radius 3 is 2.25 bits per heavy atom. The molecule has 376 valence electrons. The molecule has 1 atom stereocenters. The minimum atomic E-state index is -4.07. The van der Waals surface area contributed by atoms with Crippen LogP contribution in [-0.4, -0.2) is 145 Å². The number of sulfonamides is 1. The fraction of sp³-hybridized carbons (Fsp3) is 0.408. The van der Waals surface area contributed by atoms with Crippen molar-refractivity contribution in [2.75, 3.05) is 72.9 Å². The third kappa shape index (κ3) is 11.9. The van der Waals surface area contributed by atoms with Crippen molar-refractivity contribution in [2.45, 2.75) is 63.5 Å². The Hall–Kier alpha value is -5.91. The summed E-state index contributed by atoms with van der Waals surface area (Å²) in [5.41, 5.74) is 5.84. The molecule has 0 bridgehead atoms. The van der Waals surface area contributed by atoms with Crippen molar-refractivity contribution < 1.29 is 46.9 Å². The van der Waals surface area contributed by atoms with Crippen molar-refractivity contribution in [3.63, 3.8) is 0 Å². The molecule has 71 heavy (non-hydrogen) atoms. The van der Waals surface area contributed by atoms with Crippen molar-refractivity contribution in [1.82, 2.24) is 39.3 Å². The van der Waals surface area contributed by atoms with Crippen LogP contribution in [0, 0.1) is 20.8 Å². The molecule has 0 spiro atoms. The maximum absolute atomic E-state index is 14.3. The normalized spacial score (nSPS) is 15.3. The first-order valence-electron chi connectivity index (χ1n) is 23.2. The van der Waals surface area contributed by atoms with Gasteiger partial charge in [-0.05, 0) is 81.1 Å². The molecule has 4 aromatic heterocycles. The number of nitrogens with one attached hydrogen (secondary N) is 2. The fourth-order valence-corrected chi connectivity index (χ4v) is 11.6. The van der Waals surface area contributed by atoms with Crippen LogP contribution in [0.2, 0.25) is 5.02 Å². The zero-order valence-electron chi connectivity index (χ0n) is 39.9. The van der Waals surface area contributed by atoms with Gasteiger partial charge in [0.1, 0.15) is 16.9 Å². The summed E-state index contributed by atoms with van der Waals surface area (Å²) in [5, 5.41) is 29.8. The van der Waals surface area contributed by atoms with Gasteiger partial charge in [-0.25, -0.2) is 12.9 Å². The number of rotatable bonds is 22. The first kappa shape index (κ1) is 51.4. The number of benzene rings is 2. The van der Waals surface area contributed by atoms with E-state index in [0.29, 0.717) is 71.5 Å². The summed E-state index contributed by atoms with van der Waals surface area (Å²) >= 11 is 7.88. The number of pyridine rings is 1. The molecule has 1 fully saturated rings. The van der Waals surface area contributed by atoms with Gasteiger partial charge in [0.25, 0.3) is 5.91 Å². The second-order valence-electron chi connectivity index (χ2n) is 17.1. The molecule has 2 aliphatic rings. The monoisotopic (exact) mass is 1030 g/mol. The minimum absolute atomic E-state index is 0.0400. The number of carbonyl (C=O) groups excluding carboxylic acids is 2. The molecule has 6 heterocycles. The van der Waals surface area contributed by atoms with E-state index in [9.17, 15) is 27.9 Å². The number of methoxy groups -OCH3 is 1. The lowest BCUT2D eigenvalue weighted by Gasteiger charge is -2.31. The molecule has 8 rings (SSSR count). The molecule has 0 radical (unpaired) electrons.